The van der Waals surface area contributed by atoms with Gasteiger partial charge in [-0.05, 0) is 41.3 Å². The molecule has 1 aromatic heterocycles. The normalized spacial score (nSPS) is 11.0. The molecule has 0 aliphatic carbocycles. The van der Waals surface area contributed by atoms with Gasteiger partial charge in [0.1, 0.15) is 0 Å². The predicted molar refractivity (Wildman–Crippen MR) is 115 cm³/mol. The summed E-state index contributed by atoms with van der Waals surface area (Å²) in [7, 11) is 0. The molecule has 0 radical (unpaired) electrons. The third-order valence-corrected chi connectivity index (χ3v) is 5.19. The van der Waals surface area contributed by atoms with Crippen LogP contribution in [0.4, 0.5) is 5.82 Å². The van der Waals surface area contributed by atoms with Crippen LogP contribution < -0.4 is 11.5 Å². The molecule has 4 N–H and O–H groups in total. The van der Waals surface area contributed by atoms with E-state index in [1.165, 1.54) is 4.68 Å². The number of rotatable bonds is 5. The number of aromatic nitrogens is 3. The standard InChI is InChI=1S/C23H21N5O2/c1-13-10-15(12-28-22(24)20(23(25)30)26-27-28)11-14(2)19(13)21(29)18-9-5-7-16-6-3-4-8-17(16)18/h3-11H,12,24H2,1-2H3,(H2,25,30). The van der Waals surface area contributed by atoms with Gasteiger partial charge < -0.3 is 11.5 Å². The maximum absolute atomic E-state index is 13.4. The summed E-state index contributed by atoms with van der Waals surface area (Å²) < 4.78 is 1.42. The van der Waals surface area contributed by atoms with Crippen LogP contribution in [0, 0.1) is 13.8 Å². The first-order chi connectivity index (χ1) is 14.4. The van der Waals surface area contributed by atoms with Gasteiger partial charge in [0.15, 0.2) is 17.3 Å². The van der Waals surface area contributed by atoms with Gasteiger partial charge in [0.2, 0.25) is 0 Å². The molecule has 0 bridgehead atoms. The highest BCUT2D eigenvalue weighted by Crippen LogP contribution is 2.26. The topological polar surface area (TPSA) is 117 Å². The molecule has 30 heavy (non-hydrogen) atoms. The number of nitrogen functional groups attached to an aromatic ring is 1. The molecule has 3 aromatic carbocycles. The van der Waals surface area contributed by atoms with Crippen molar-refractivity contribution < 1.29 is 9.59 Å². The molecule has 0 aliphatic rings. The Labute approximate surface area is 173 Å². The Morgan fingerprint density at radius 1 is 1.00 bits per heavy atom. The molecule has 0 saturated carbocycles. The fraction of sp³-hybridized carbons (Fsp3) is 0.130. The number of hydrogen-bond donors (Lipinski definition) is 2. The van der Waals surface area contributed by atoms with E-state index in [9.17, 15) is 9.59 Å². The highest BCUT2D eigenvalue weighted by atomic mass is 16.1. The molecule has 4 aromatic rings. The molecule has 0 atom stereocenters. The van der Waals surface area contributed by atoms with E-state index in [0.717, 1.165) is 27.5 Å². The van der Waals surface area contributed by atoms with Gasteiger partial charge in [-0.2, -0.15) is 0 Å². The second-order valence-corrected chi connectivity index (χ2v) is 7.31. The van der Waals surface area contributed by atoms with E-state index < -0.39 is 5.91 Å². The smallest absolute Gasteiger partial charge is 0.273 e. The largest absolute Gasteiger partial charge is 0.382 e. The summed E-state index contributed by atoms with van der Waals surface area (Å²) in [6.45, 7) is 4.14. The summed E-state index contributed by atoms with van der Waals surface area (Å²) in [4.78, 5) is 24.7. The number of nitrogens with two attached hydrogens (primary N) is 2. The highest BCUT2D eigenvalue weighted by Gasteiger charge is 2.19. The van der Waals surface area contributed by atoms with Crippen LogP contribution in [0.2, 0.25) is 0 Å². The summed E-state index contributed by atoms with van der Waals surface area (Å²) in [5.74, 6) is -0.611. The zero-order valence-electron chi connectivity index (χ0n) is 16.7. The molecular weight excluding hydrogens is 378 g/mol. The molecule has 0 spiro atoms. The van der Waals surface area contributed by atoms with Crippen LogP contribution in [0.5, 0.6) is 0 Å². The van der Waals surface area contributed by atoms with Crippen LogP contribution in [-0.4, -0.2) is 26.7 Å². The molecule has 7 nitrogen and oxygen atoms in total. The minimum atomic E-state index is -0.720. The number of aryl methyl sites for hydroxylation is 2. The van der Waals surface area contributed by atoms with Gasteiger partial charge in [0.25, 0.3) is 5.91 Å². The number of carbonyl (C=O) groups is 2. The van der Waals surface area contributed by atoms with Crippen LogP contribution >= 0.6 is 0 Å². The van der Waals surface area contributed by atoms with Crippen LogP contribution in [0.15, 0.2) is 54.6 Å². The molecule has 0 unspecified atom stereocenters. The lowest BCUT2D eigenvalue weighted by atomic mass is 9.90. The Kier molecular flexibility index (Phi) is 4.79. The van der Waals surface area contributed by atoms with Gasteiger partial charge in [-0.15, -0.1) is 5.10 Å². The number of anilines is 1. The zero-order valence-corrected chi connectivity index (χ0v) is 16.7. The van der Waals surface area contributed by atoms with Crippen molar-refractivity contribution in [3.8, 4) is 0 Å². The van der Waals surface area contributed by atoms with Crippen LogP contribution in [-0.2, 0) is 6.54 Å². The average Bonchev–Trinajstić information content (AvgIpc) is 3.07. The first kappa shape index (κ1) is 19.3. The first-order valence-corrected chi connectivity index (χ1v) is 9.48. The molecule has 0 fully saturated rings. The minimum Gasteiger partial charge on any atom is -0.382 e. The van der Waals surface area contributed by atoms with Gasteiger partial charge in [-0.25, -0.2) is 4.68 Å². The van der Waals surface area contributed by atoms with Gasteiger partial charge in [-0.3, -0.25) is 9.59 Å². The van der Waals surface area contributed by atoms with Crippen molar-refractivity contribution >= 4 is 28.3 Å². The van der Waals surface area contributed by atoms with Crippen molar-refractivity contribution in [1.29, 1.82) is 0 Å². The predicted octanol–water partition coefficient (Wildman–Crippen LogP) is 3.01. The summed E-state index contributed by atoms with van der Waals surface area (Å²) in [5, 5.41) is 9.60. The Hall–Kier alpha value is -4.00. The summed E-state index contributed by atoms with van der Waals surface area (Å²) in [6, 6.07) is 17.5. The van der Waals surface area contributed by atoms with Gasteiger partial charge in [0.05, 0.1) is 6.54 Å². The van der Waals surface area contributed by atoms with E-state index in [1.807, 2.05) is 68.4 Å². The average molecular weight is 399 g/mol. The number of benzene rings is 3. The number of carbonyl (C=O) groups excluding carboxylic acids is 2. The van der Waals surface area contributed by atoms with Gasteiger partial charge in [0, 0.05) is 11.1 Å². The van der Waals surface area contributed by atoms with Crippen LogP contribution in [0.3, 0.4) is 0 Å². The fourth-order valence-electron chi connectivity index (χ4n) is 3.85. The number of fused-ring (bicyclic) bond motifs is 1. The molecule has 1 amide bonds. The van der Waals surface area contributed by atoms with E-state index in [-0.39, 0.29) is 17.3 Å². The third kappa shape index (κ3) is 3.30. The monoisotopic (exact) mass is 399 g/mol. The molecule has 4 rings (SSSR count). The molecular formula is C23H21N5O2. The lowest BCUT2D eigenvalue weighted by molar-refractivity contribution is 0.0994. The number of nitrogens with zero attached hydrogens (tertiary/aromatic N) is 3. The lowest BCUT2D eigenvalue weighted by Crippen LogP contribution is -2.15. The second kappa shape index (κ2) is 7.44. The number of primary amides is 1. The van der Waals surface area contributed by atoms with E-state index in [1.54, 1.807) is 0 Å². The van der Waals surface area contributed by atoms with E-state index >= 15 is 0 Å². The SMILES string of the molecule is Cc1cc(Cn2nnc(C(N)=O)c2N)cc(C)c1C(=O)c1cccc2ccccc12. The minimum absolute atomic E-state index is 0.00960. The van der Waals surface area contributed by atoms with Crippen molar-refractivity contribution in [1.82, 2.24) is 15.0 Å². The van der Waals surface area contributed by atoms with Crippen molar-refractivity contribution in [2.24, 2.45) is 5.73 Å². The molecule has 1 heterocycles. The van der Waals surface area contributed by atoms with Crippen molar-refractivity contribution in [2.75, 3.05) is 5.73 Å². The Bertz CT molecular complexity index is 1280. The Morgan fingerprint density at radius 3 is 2.33 bits per heavy atom. The first-order valence-electron chi connectivity index (χ1n) is 9.48. The van der Waals surface area contributed by atoms with Gasteiger partial charge in [-0.1, -0.05) is 59.8 Å². The lowest BCUT2D eigenvalue weighted by Gasteiger charge is -2.14. The molecule has 7 heteroatoms. The summed E-state index contributed by atoms with van der Waals surface area (Å²) in [6.07, 6.45) is 0. The fourth-order valence-corrected chi connectivity index (χ4v) is 3.85. The van der Waals surface area contributed by atoms with Crippen LogP contribution in [0.25, 0.3) is 10.8 Å². The van der Waals surface area contributed by atoms with E-state index in [2.05, 4.69) is 10.3 Å². The maximum atomic E-state index is 13.4. The quantitative estimate of drug-likeness (QED) is 0.500. The highest BCUT2D eigenvalue weighted by molar-refractivity contribution is 6.17. The molecule has 150 valence electrons. The Balaban J connectivity index is 1.71. The Morgan fingerprint density at radius 2 is 1.67 bits per heavy atom. The van der Waals surface area contributed by atoms with Crippen molar-refractivity contribution in [2.45, 2.75) is 20.4 Å². The zero-order chi connectivity index (χ0) is 21.4. The van der Waals surface area contributed by atoms with E-state index in [0.29, 0.717) is 17.7 Å². The maximum Gasteiger partial charge on any atom is 0.273 e. The molecule has 0 aliphatic heterocycles. The van der Waals surface area contributed by atoms with Gasteiger partial charge >= 0.3 is 0 Å². The second-order valence-electron chi connectivity index (χ2n) is 7.31. The van der Waals surface area contributed by atoms with Crippen molar-refractivity contribution in [3.05, 3.63) is 88.1 Å². The molecule has 0 saturated heterocycles. The number of ketones is 1. The number of amides is 1. The summed E-state index contributed by atoms with van der Waals surface area (Å²) >= 11 is 0. The third-order valence-electron chi connectivity index (χ3n) is 5.19. The number of hydrogen-bond acceptors (Lipinski definition) is 5. The van der Waals surface area contributed by atoms with Crippen LogP contribution in [0.1, 0.15) is 43.1 Å². The van der Waals surface area contributed by atoms with E-state index in [4.69, 9.17) is 11.5 Å². The van der Waals surface area contributed by atoms with Crippen molar-refractivity contribution in [3.63, 3.8) is 0 Å². The summed E-state index contributed by atoms with van der Waals surface area (Å²) in [5.41, 5.74) is 15.1.